The molecule has 5 rings (SSSR count). The number of fused-ring (bicyclic) bond motifs is 2. The van der Waals surface area contributed by atoms with Crippen molar-refractivity contribution in [1.29, 1.82) is 0 Å². The van der Waals surface area contributed by atoms with Crippen LogP contribution in [0.5, 0.6) is 5.75 Å². The van der Waals surface area contributed by atoms with E-state index in [0.717, 1.165) is 45.9 Å². The van der Waals surface area contributed by atoms with Crippen molar-refractivity contribution in [3.8, 4) is 5.75 Å². The Morgan fingerprint density at radius 2 is 1.90 bits per heavy atom. The summed E-state index contributed by atoms with van der Waals surface area (Å²) in [5.74, 6) is 0.417. The number of ether oxygens (including phenoxy) is 1. The predicted molar refractivity (Wildman–Crippen MR) is 113 cm³/mol. The standard InChI is InChI=1S/C22H23BrFN3O3/c1-11-19-14(23)9-27(22(19)26-10-25-11)16-8-18(21(29)20(16)28)30-17-7-6-15(24)12-4-2-3-5-13(12)17/h6-7,9-10,16,18,20-21,28-29H,2-5,8H2,1H3/t16-,18+,20+,21-/m1/s1. The Bertz CT molecular complexity index is 1120. The average Bonchev–Trinajstić information content (AvgIpc) is 3.22. The van der Waals surface area contributed by atoms with Gasteiger partial charge >= 0.3 is 0 Å². The average molecular weight is 476 g/mol. The van der Waals surface area contributed by atoms with E-state index in [9.17, 15) is 14.6 Å². The Balaban J connectivity index is 1.46. The van der Waals surface area contributed by atoms with Gasteiger partial charge in [0.25, 0.3) is 0 Å². The summed E-state index contributed by atoms with van der Waals surface area (Å²) in [6.45, 7) is 1.91. The summed E-state index contributed by atoms with van der Waals surface area (Å²) >= 11 is 3.56. The van der Waals surface area contributed by atoms with Crippen molar-refractivity contribution in [2.45, 2.75) is 63.4 Å². The smallest absolute Gasteiger partial charge is 0.145 e. The van der Waals surface area contributed by atoms with E-state index in [1.807, 2.05) is 17.7 Å². The summed E-state index contributed by atoms with van der Waals surface area (Å²) in [5, 5.41) is 22.4. The van der Waals surface area contributed by atoms with Gasteiger partial charge < -0.3 is 19.5 Å². The summed E-state index contributed by atoms with van der Waals surface area (Å²) in [4.78, 5) is 8.63. The molecule has 1 saturated carbocycles. The minimum atomic E-state index is -1.06. The molecule has 0 amide bonds. The quantitative estimate of drug-likeness (QED) is 0.604. The van der Waals surface area contributed by atoms with Gasteiger partial charge in [-0.1, -0.05) is 0 Å². The number of nitrogens with zero attached hydrogens (tertiary/aromatic N) is 3. The molecule has 0 radical (unpaired) electrons. The van der Waals surface area contributed by atoms with Crippen LogP contribution in [0.4, 0.5) is 4.39 Å². The predicted octanol–water partition coefficient (Wildman–Crippen LogP) is 3.63. The first-order valence-corrected chi connectivity index (χ1v) is 11.1. The third-order valence-electron chi connectivity index (χ3n) is 6.42. The number of hydrogen-bond acceptors (Lipinski definition) is 5. The SMILES string of the molecule is Cc1ncnc2c1c(Br)cn2[C@@H]1C[C@H](Oc2ccc(F)c3c2CCCC3)[C@@H](O)[C@H]1O. The van der Waals surface area contributed by atoms with E-state index >= 15 is 0 Å². The fraction of sp³-hybridized carbons (Fsp3) is 0.455. The van der Waals surface area contributed by atoms with Gasteiger partial charge in [-0.15, -0.1) is 0 Å². The van der Waals surface area contributed by atoms with Crippen LogP contribution >= 0.6 is 15.9 Å². The zero-order valence-corrected chi connectivity index (χ0v) is 18.1. The molecule has 3 aromatic rings. The van der Waals surface area contributed by atoms with E-state index in [1.54, 1.807) is 6.07 Å². The van der Waals surface area contributed by atoms with Crippen LogP contribution in [0.1, 0.15) is 42.1 Å². The molecule has 0 unspecified atom stereocenters. The molecule has 2 aliphatic carbocycles. The van der Waals surface area contributed by atoms with Gasteiger partial charge in [0.15, 0.2) is 0 Å². The second-order valence-electron chi connectivity index (χ2n) is 8.19. The first-order valence-electron chi connectivity index (χ1n) is 10.3. The summed E-state index contributed by atoms with van der Waals surface area (Å²) in [7, 11) is 0. The van der Waals surface area contributed by atoms with Crippen molar-refractivity contribution < 1.29 is 19.3 Å². The number of hydrogen-bond donors (Lipinski definition) is 2. The van der Waals surface area contributed by atoms with Crippen LogP contribution in [-0.4, -0.2) is 43.1 Å². The summed E-state index contributed by atoms with van der Waals surface area (Å²) in [6, 6.07) is 2.68. The highest BCUT2D eigenvalue weighted by Crippen LogP contribution is 2.40. The van der Waals surface area contributed by atoms with Gasteiger partial charge in [-0.3, -0.25) is 0 Å². The van der Waals surface area contributed by atoms with E-state index < -0.39 is 24.4 Å². The molecular formula is C22H23BrFN3O3. The molecule has 0 saturated heterocycles. The topological polar surface area (TPSA) is 80.4 Å². The Morgan fingerprint density at radius 3 is 2.70 bits per heavy atom. The molecule has 2 N–H and O–H groups in total. The maximum absolute atomic E-state index is 14.2. The van der Waals surface area contributed by atoms with Crippen LogP contribution in [0.15, 0.2) is 29.1 Å². The lowest BCUT2D eigenvalue weighted by atomic mass is 9.90. The Morgan fingerprint density at radius 1 is 1.13 bits per heavy atom. The molecule has 0 spiro atoms. The molecule has 8 heteroatoms. The zero-order chi connectivity index (χ0) is 21.0. The van der Waals surface area contributed by atoms with Crippen molar-refractivity contribution in [3.05, 3.63) is 51.8 Å². The lowest BCUT2D eigenvalue weighted by Gasteiger charge is -2.24. The number of aryl methyl sites for hydroxylation is 1. The van der Waals surface area contributed by atoms with Crippen LogP contribution in [-0.2, 0) is 12.8 Å². The molecular weight excluding hydrogens is 453 g/mol. The fourth-order valence-electron chi connectivity index (χ4n) is 4.86. The van der Waals surface area contributed by atoms with Crippen molar-refractivity contribution in [2.24, 2.45) is 0 Å². The minimum absolute atomic E-state index is 0.194. The van der Waals surface area contributed by atoms with Gasteiger partial charge in [0.2, 0.25) is 0 Å². The van der Waals surface area contributed by atoms with Gasteiger partial charge in [0.1, 0.15) is 41.9 Å². The third-order valence-corrected chi connectivity index (χ3v) is 7.02. The number of benzene rings is 1. The summed E-state index contributed by atoms with van der Waals surface area (Å²) in [6.07, 6.45) is 4.55. The van der Waals surface area contributed by atoms with Crippen molar-refractivity contribution in [3.63, 3.8) is 0 Å². The van der Waals surface area contributed by atoms with Gasteiger partial charge in [0.05, 0.1) is 17.1 Å². The number of aliphatic hydroxyl groups is 2. The highest BCUT2D eigenvalue weighted by Gasteiger charge is 2.45. The van der Waals surface area contributed by atoms with Crippen LogP contribution in [0.3, 0.4) is 0 Å². The number of halogens is 2. The second-order valence-corrected chi connectivity index (χ2v) is 9.05. The molecule has 1 fully saturated rings. The van der Waals surface area contributed by atoms with Crippen molar-refractivity contribution in [1.82, 2.24) is 14.5 Å². The van der Waals surface area contributed by atoms with Crippen LogP contribution in [0.2, 0.25) is 0 Å². The highest BCUT2D eigenvalue weighted by molar-refractivity contribution is 9.10. The Hall–Kier alpha value is -2.03. The maximum atomic E-state index is 14.2. The van der Waals surface area contributed by atoms with Gasteiger partial charge in [-0.2, -0.15) is 0 Å². The number of rotatable bonds is 3. The fourth-order valence-corrected chi connectivity index (χ4v) is 5.55. The van der Waals surface area contributed by atoms with E-state index in [2.05, 4.69) is 25.9 Å². The first kappa shape index (κ1) is 19.9. The normalized spacial score (nSPS) is 26.2. The minimum Gasteiger partial charge on any atom is -0.487 e. The zero-order valence-electron chi connectivity index (χ0n) is 16.6. The van der Waals surface area contributed by atoms with Crippen LogP contribution in [0.25, 0.3) is 11.0 Å². The van der Waals surface area contributed by atoms with E-state index in [4.69, 9.17) is 4.74 Å². The molecule has 1 aromatic carbocycles. The number of aromatic nitrogens is 3. The van der Waals surface area contributed by atoms with Crippen LogP contribution < -0.4 is 4.74 Å². The Kier molecular flexibility index (Phi) is 5.03. The van der Waals surface area contributed by atoms with E-state index in [0.29, 0.717) is 24.2 Å². The van der Waals surface area contributed by atoms with E-state index in [-0.39, 0.29) is 5.82 Å². The van der Waals surface area contributed by atoms with Gasteiger partial charge in [-0.25, -0.2) is 14.4 Å². The second kappa shape index (κ2) is 7.59. The maximum Gasteiger partial charge on any atom is 0.145 e. The Labute approximate surface area is 181 Å². The van der Waals surface area contributed by atoms with E-state index in [1.165, 1.54) is 12.4 Å². The lowest BCUT2D eigenvalue weighted by molar-refractivity contribution is -0.0166. The molecule has 0 aliphatic heterocycles. The molecule has 0 bridgehead atoms. The summed E-state index contributed by atoms with van der Waals surface area (Å²) in [5.41, 5.74) is 3.15. The number of aliphatic hydroxyl groups excluding tert-OH is 2. The lowest BCUT2D eigenvalue weighted by Crippen LogP contribution is -2.34. The van der Waals surface area contributed by atoms with Gasteiger partial charge in [-0.05, 0) is 66.2 Å². The van der Waals surface area contributed by atoms with Crippen molar-refractivity contribution >= 4 is 27.0 Å². The molecule has 2 aromatic heterocycles. The largest absolute Gasteiger partial charge is 0.487 e. The monoisotopic (exact) mass is 475 g/mol. The molecule has 158 valence electrons. The van der Waals surface area contributed by atoms with Gasteiger partial charge in [0, 0.05) is 22.7 Å². The van der Waals surface area contributed by atoms with Crippen molar-refractivity contribution in [2.75, 3.05) is 0 Å². The molecule has 2 heterocycles. The molecule has 4 atom stereocenters. The molecule has 30 heavy (non-hydrogen) atoms. The molecule has 2 aliphatic rings. The van der Waals surface area contributed by atoms with Crippen LogP contribution in [0, 0.1) is 12.7 Å². The summed E-state index contributed by atoms with van der Waals surface area (Å²) < 4.78 is 23.1. The highest BCUT2D eigenvalue weighted by atomic mass is 79.9. The first-order chi connectivity index (χ1) is 14.5. The third kappa shape index (κ3) is 3.13. The molecule has 6 nitrogen and oxygen atoms in total.